The summed E-state index contributed by atoms with van der Waals surface area (Å²) in [5.41, 5.74) is 0. The fraction of sp³-hybridized carbons (Fsp3) is 0.889. The highest BCUT2D eigenvalue weighted by Crippen LogP contribution is 2.13. The molecule has 0 saturated heterocycles. The van der Waals surface area contributed by atoms with Gasteiger partial charge in [-0.15, -0.1) is 0 Å². The van der Waals surface area contributed by atoms with Crippen LogP contribution in [0.25, 0.3) is 0 Å². The predicted molar refractivity (Wildman–Crippen MR) is 54.0 cm³/mol. The van der Waals surface area contributed by atoms with Gasteiger partial charge < -0.3 is 10.7 Å². The molecule has 0 fully saturated rings. The number of rotatable bonds is 4. The van der Waals surface area contributed by atoms with Gasteiger partial charge in [0, 0.05) is 20.0 Å². The molecule has 0 aromatic carbocycles. The largest absolute Gasteiger partial charge is 0.365 e. The summed E-state index contributed by atoms with van der Waals surface area (Å²) in [6.07, 6.45) is 3.47. The third kappa shape index (κ3) is 3.11. The summed E-state index contributed by atoms with van der Waals surface area (Å²) in [6.45, 7) is 4.36. The van der Waals surface area contributed by atoms with Crippen LogP contribution in [-0.4, -0.2) is 24.8 Å². The second-order valence-corrected chi connectivity index (χ2v) is 3.28. The van der Waals surface area contributed by atoms with Gasteiger partial charge in [0.1, 0.15) is 5.84 Å². The third-order valence-electron chi connectivity index (χ3n) is 2.09. The molecule has 72 valence electrons. The van der Waals surface area contributed by atoms with Gasteiger partial charge >= 0.3 is 0 Å². The van der Waals surface area contributed by atoms with E-state index < -0.39 is 0 Å². The number of amidine groups is 1. The Bertz CT molecular complexity index is 141. The van der Waals surface area contributed by atoms with E-state index in [-0.39, 0.29) is 0 Å². The molecule has 3 nitrogen and oxygen atoms in total. The number of nitrogens with two attached hydrogens (primary N) is 1. The van der Waals surface area contributed by atoms with E-state index in [0.717, 1.165) is 12.3 Å². The molecule has 1 atom stereocenters. The molecule has 12 heavy (non-hydrogen) atoms. The third-order valence-corrected chi connectivity index (χ3v) is 2.09. The highest BCUT2D eigenvalue weighted by molar-refractivity contribution is 5.83. The van der Waals surface area contributed by atoms with E-state index in [2.05, 4.69) is 18.9 Å². The molecular formula is C9H21N3. The molecule has 0 amide bonds. The zero-order valence-electron chi connectivity index (χ0n) is 8.67. The van der Waals surface area contributed by atoms with Crippen molar-refractivity contribution in [3.63, 3.8) is 0 Å². The highest BCUT2D eigenvalue weighted by atomic mass is 15.2. The van der Waals surface area contributed by atoms with Crippen LogP contribution in [0.2, 0.25) is 0 Å². The van der Waals surface area contributed by atoms with E-state index in [1.807, 2.05) is 19.0 Å². The fourth-order valence-corrected chi connectivity index (χ4v) is 1.45. The summed E-state index contributed by atoms with van der Waals surface area (Å²) in [5.74, 6) is 6.86. The van der Waals surface area contributed by atoms with Crippen LogP contribution in [0.1, 0.15) is 33.1 Å². The Morgan fingerprint density at radius 2 is 2.00 bits per heavy atom. The molecule has 0 radical (unpaired) electrons. The molecule has 0 bridgehead atoms. The zero-order valence-corrected chi connectivity index (χ0v) is 8.67. The average Bonchev–Trinajstić information content (AvgIpc) is 2.03. The lowest BCUT2D eigenvalue weighted by Crippen LogP contribution is -2.30. The Kier molecular flexibility index (Phi) is 5.51. The zero-order chi connectivity index (χ0) is 9.56. The maximum Gasteiger partial charge on any atom is 0.127 e. The van der Waals surface area contributed by atoms with Crippen molar-refractivity contribution >= 4 is 5.84 Å². The van der Waals surface area contributed by atoms with Gasteiger partial charge in [-0.2, -0.15) is 5.10 Å². The molecule has 0 aliphatic rings. The maximum atomic E-state index is 5.33. The van der Waals surface area contributed by atoms with Crippen LogP contribution in [0.15, 0.2) is 5.10 Å². The molecule has 0 aromatic rings. The minimum Gasteiger partial charge on any atom is -0.365 e. The summed E-state index contributed by atoms with van der Waals surface area (Å²) in [6, 6.07) is 0. The van der Waals surface area contributed by atoms with Gasteiger partial charge in [-0.05, 0) is 12.8 Å². The van der Waals surface area contributed by atoms with Gasteiger partial charge in [0.25, 0.3) is 0 Å². The fourth-order valence-electron chi connectivity index (χ4n) is 1.45. The van der Waals surface area contributed by atoms with Crippen molar-refractivity contribution in [1.82, 2.24) is 4.90 Å². The van der Waals surface area contributed by atoms with Crippen molar-refractivity contribution < 1.29 is 0 Å². The van der Waals surface area contributed by atoms with Gasteiger partial charge in [-0.1, -0.05) is 20.3 Å². The first-order valence-electron chi connectivity index (χ1n) is 4.62. The lowest BCUT2D eigenvalue weighted by atomic mass is 9.99. The smallest absolute Gasteiger partial charge is 0.127 e. The van der Waals surface area contributed by atoms with Gasteiger partial charge in [0.2, 0.25) is 0 Å². The monoisotopic (exact) mass is 171 g/mol. The second kappa shape index (κ2) is 5.86. The molecule has 2 N–H and O–H groups in total. The molecule has 0 aliphatic carbocycles. The summed E-state index contributed by atoms with van der Waals surface area (Å²) >= 11 is 0. The van der Waals surface area contributed by atoms with E-state index in [1.54, 1.807) is 0 Å². The Morgan fingerprint density at radius 1 is 1.42 bits per heavy atom. The predicted octanol–water partition coefficient (Wildman–Crippen LogP) is 1.65. The van der Waals surface area contributed by atoms with Gasteiger partial charge in [-0.3, -0.25) is 0 Å². The molecule has 3 heteroatoms. The molecule has 0 saturated carbocycles. The van der Waals surface area contributed by atoms with Crippen molar-refractivity contribution in [2.75, 3.05) is 14.1 Å². The normalized spacial score (nSPS) is 14.5. The quantitative estimate of drug-likeness (QED) is 0.302. The molecule has 0 aromatic heterocycles. The summed E-state index contributed by atoms with van der Waals surface area (Å²) in [4.78, 5) is 2.00. The Hall–Kier alpha value is -0.730. The lowest BCUT2D eigenvalue weighted by molar-refractivity contribution is 0.501. The topological polar surface area (TPSA) is 41.6 Å². The molecule has 1 unspecified atom stereocenters. The van der Waals surface area contributed by atoms with E-state index >= 15 is 0 Å². The minimum atomic E-state index is 0.523. The van der Waals surface area contributed by atoms with Crippen molar-refractivity contribution in [3.8, 4) is 0 Å². The van der Waals surface area contributed by atoms with E-state index in [4.69, 9.17) is 5.84 Å². The van der Waals surface area contributed by atoms with Crippen molar-refractivity contribution in [2.45, 2.75) is 33.1 Å². The Morgan fingerprint density at radius 3 is 2.25 bits per heavy atom. The maximum absolute atomic E-state index is 5.33. The van der Waals surface area contributed by atoms with Crippen LogP contribution in [-0.2, 0) is 0 Å². The SMILES string of the molecule is CCCC(CC)C(=NN)N(C)C. The van der Waals surface area contributed by atoms with Crippen LogP contribution in [0, 0.1) is 5.92 Å². The molecule has 0 heterocycles. The first-order chi connectivity index (χ1) is 5.67. The summed E-state index contributed by atoms with van der Waals surface area (Å²) < 4.78 is 0. The summed E-state index contributed by atoms with van der Waals surface area (Å²) in [7, 11) is 3.98. The second-order valence-electron chi connectivity index (χ2n) is 3.28. The molecule has 0 aliphatic heterocycles. The van der Waals surface area contributed by atoms with Crippen LogP contribution < -0.4 is 5.84 Å². The number of hydrazone groups is 1. The highest BCUT2D eigenvalue weighted by Gasteiger charge is 2.14. The molecular weight excluding hydrogens is 150 g/mol. The van der Waals surface area contributed by atoms with E-state index in [1.165, 1.54) is 12.8 Å². The molecule has 0 rings (SSSR count). The first-order valence-corrected chi connectivity index (χ1v) is 4.62. The van der Waals surface area contributed by atoms with Crippen LogP contribution in [0.5, 0.6) is 0 Å². The standard InChI is InChI=1S/C9H21N3/c1-5-7-8(6-2)9(11-10)12(3)4/h8H,5-7,10H2,1-4H3. The van der Waals surface area contributed by atoms with E-state index in [0.29, 0.717) is 5.92 Å². The number of hydrogen-bond acceptors (Lipinski definition) is 2. The lowest BCUT2D eigenvalue weighted by Gasteiger charge is -2.22. The van der Waals surface area contributed by atoms with Crippen LogP contribution >= 0.6 is 0 Å². The minimum absolute atomic E-state index is 0.523. The Balaban J connectivity index is 4.24. The average molecular weight is 171 g/mol. The number of nitrogens with zero attached hydrogens (tertiary/aromatic N) is 2. The van der Waals surface area contributed by atoms with Crippen LogP contribution in [0.3, 0.4) is 0 Å². The van der Waals surface area contributed by atoms with Gasteiger partial charge in [0.05, 0.1) is 0 Å². The van der Waals surface area contributed by atoms with E-state index in [9.17, 15) is 0 Å². The van der Waals surface area contributed by atoms with Crippen molar-refractivity contribution in [1.29, 1.82) is 0 Å². The number of hydrogen-bond donors (Lipinski definition) is 1. The van der Waals surface area contributed by atoms with Crippen molar-refractivity contribution in [2.24, 2.45) is 16.9 Å². The molecule has 0 spiro atoms. The van der Waals surface area contributed by atoms with Gasteiger partial charge in [0.15, 0.2) is 0 Å². The van der Waals surface area contributed by atoms with Crippen LogP contribution in [0.4, 0.5) is 0 Å². The van der Waals surface area contributed by atoms with Gasteiger partial charge in [-0.25, -0.2) is 0 Å². The van der Waals surface area contributed by atoms with Crippen molar-refractivity contribution in [3.05, 3.63) is 0 Å². The first kappa shape index (κ1) is 11.3. The Labute approximate surface area is 75.6 Å². The summed E-state index contributed by atoms with van der Waals surface area (Å²) in [5, 5.41) is 3.82.